The molecule has 1 aromatic carbocycles. The SMILES string of the molecule is CCCNCC(O)(CC)c1ccccc1. The van der Waals surface area contributed by atoms with E-state index in [1.165, 1.54) is 0 Å². The second kappa shape index (κ2) is 5.89. The van der Waals surface area contributed by atoms with Gasteiger partial charge in [-0.15, -0.1) is 0 Å². The van der Waals surface area contributed by atoms with E-state index in [0.717, 1.165) is 24.9 Å². The van der Waals surface area contributed by atoms with Gasteiger partial charge in [0.2, 0.25) is 0 Å². The standard InChI is InChI=1S/C13H21NO/c1-3-10-14-11-13(15,4-2)12-8-6-5-7-9-12/h5-9,14-15H,3-4,10-11H2,1-2H3. The molecule has 0 fully saturated rings. The molecule has 1 atom stereocenters. The molecule has 2 heteroatoms. The van der Waals surface area contributed by atoms with E-state index in [0.29, 0.717) is 6.54 Å². The zero-order chi connectivity index (χ0) is 11.1. The molecule has 2 N–H and O–H groups in total. The lowest BCUT2D eigenvalue weighted by atomic mass is 9.91. The molecule has 0 saturated heterocycles. The van der Waals surface area contributed by atoms with Crippen LogP contribution in [0.4, 0.5) is 0 Å². The van der Waals surface area contributed by atoms with E-state index in [-0.39, 0.29) is 0 Å². The Morgan fingerprint density at radius 1 is 1.20 bits per heavy atom. The van der Waals surface area contributed by atoms with Gasteiger partial charge in [0.05, 0.1) is 0 Å². The van der Waals surface area contributed by atoms with Crippen LogP contribution in [0.25, 0.3) is 0 Å². The van der Waals surface area contributed by atoms with Crippen molar-refractivity contribution in [3.63, 3.8) is 0 Å². The van der Waals surface area contributed by atoms with Crippen molar-refractivity contribution in [2.24, 2.45) is 0 Å². The number of hydrogen-bond acceptors (Lipinski definition) is 2. The average molecular weight is 207 g/mol. The minimum atomic E-state index is -0.726. The van der Waals surface area contributed by atoms with E-state index in [1.807, 2.05) is 37.3 Å². The summed E-state index contributed by atoms with van der Waals surface area (Å²) >= 11 is 0. The predicted octanol–water partition coefficient (Wildman–Crippen LogP) is 2.28. The van der Waals surface area contributed by atoms with Crippen LogP contribution in [0.5, 0.6) is 0 Å². The van der Waals surface area contributed by atoms with Crippen molar-refractivity contribution in [2.45, 2.75) is 32.3 Å². The van der Waals surface area contributed by atoms with Crippen molar-refractivity contribution in [3.05, 3.63) is 35.9 Å². The van der Waals surface area contributed by atoms with E-state index in [1.54, 1.807) is 0 Å². The van der Waals surface area contributed by atoms with Crippen molar-refractivity contribution in [2.75, 3.05) is 13.1 Å². The van der Waals surface area contributed by atoms with Gasteiger partial charge in [0, 0.05) is 6.54 Å². The van der Waals surface area contributed by atoms with Crippen LogP contribution >= 0.6 is 0 Å². The minimum absolute atomic E-state index is 0.626. The number of benzene rings is 1. The summed E-state index contributed by atoms with van der Waals surface area (Å²) in [5.74, 6) is 0. The zero-order valence-electron chi connectivity index (χ0n) is 9.66. The third-order valence-electron chi connectivity index (χ3n) is 2.74. The van der Waals surface area contributed by atoms with Crippen LogP contribution in [0.3, 0.4) is 0 Å². The minimum Gasteiger partial charge on any atom is -0.384 e. The fraction of sp³-hybridized carbons (Fsp3) is 0.538. The summed E-state index contributed by atoms with van der Waals surface area (Å²) in [4.78, 5) is 0. The molecule has 15 heavy (non-hydrogen) atoms. The highest BCUT2D eigenvalue weighted by Gasteiger charge is 2.25. The van der Waals surface area contributed by atoms with Gasteiger partial charge in [-0.2, -0.15) is 0 Å². The van der Waals surface area contributed by atoms with E-state index < -0.39 is 5.60 Å². The quantitative estimate of drug-likeness (QED) is 0.701. The molecular formula is C13H21NO. The van der Waals surface area contributed by atoms with E-state index in [2.05, 4.69) is 12.2 Å². The maximum Gasteiger partial charge on any atom is 0.102 e. The lowest BCUT2D eigenvalue weighted by Crippen LogP contribution is -2.37. The van der Waals surface area contributed by atoms with Crippen LogP contribution in [0.1, 0.15) is 32.3 Å². The number of hydrogen-bond donors (Lipinski definition) is 2. The molecule has 0 radical (unpaired) electrons. The highest BCUT2D eigenvalue weighted by molar-refractivity contribution is 5.22. The Labute approximate surface area is 92.3 Å². The Hall–Kier alpha value is -0.860. The summed E-state index contributed by atoms with van der Waals surface area (Å²) in [5, 5.41) is 13.7. The average Bonchev–Trinajstić information content (AvgIpc) is 2.30. The zero-order valence-corrected chi connectivity index (χ0v) is 9.66. The van der Waals surface area contributed by atoms with Gasteiger partial charge in [-0.05, 0) is 24.9 Å². The topological polar surface area (TPSA) is 32.3 Å². The van der Waals surface area contributed by atoms with Gasteiger partial charge in [0.25, 0.3) is 0 Å². The smallest absolute Gasteiger partial charge is 0.102 e. The number of nitrogens with one attached hydrogen (secondary N) is 1. The molecule has 0 aliphatic heterocycles. The van der Waals surface area contributed by atoms with Gasteiger partial charge < -0.3 is 10.4 Å². The van der Waals surface area contributed by atoms with Crippen LogP contribution in [-0.2, 0) is 5.60 Å². The maximum atomic E-state index is 10.5. The third kappa shape index (κ3) is 3.33. The largest absolute Gasteiger partial charge is 0.384 e. The van der Waals surface area contributed by atoms with Crippen molar-refractivity contribution in [1.29, 1.82) is 0 Å². The molecule has 84 valence electrons. The van der Waals surface area contributed by atoms with Crippen LogP contribution < -0.4 is 5.32 Å². The highest BCUT2D eigenvalue weighted by atomic mass is 16.3. The second-order valence-electron chi connectivity index (χ2n) is 3.93. The molecule has 0 aliphatic rings. The predicted molar refractivity (Wildman–Crippen MR) is 63.8 cm³/mol. The molecule has 1 unspecified atom stereocenters. The van der Waals surface area contributed by atoms with Gasteiger partial charge in [0.1, 0.15) is 5.60 Å². The van der Waals surface area contributed by atoms with Crippen LogP contribution in [0.2, 0.25) is 0 Å². The first-order valence-corrected chi connectivity index (χ1v) is 5.71. The van der Waals surface area contributed by atoms with Crippen molar-refractivity contribution in [3.8, 4) is 0 Å². The Kier molecular flexibility index (Phi) is 4.79. The lowest BCUT2D eigenvalue weighted by molar-refractivity contribution is 0.0329. The van der Waals surface area contributed by atoms with Crippen LogP contribution in [0, 0.1) is 0 Å². The van der Waals surface area contributed by atoms with E-state index in [9.17, 15) is 5.11 Å². The monoisotopic (exact) mass is 207 g/mol. The Balaban J connectivity index is 2.67. The fourth-order valence-corrected chi connectivity index (χ4v) is 1.65. The molecule has 1 rings (SSSR count). The first kappa shape index (κ1) is 12.2. The molecular weight excluding hydrogens is 186 g/mol. The van der Waals surface area contributed by atoms with Gasteiger partial charge in [-0.3, -0.25) is 0 Å². The molecule has 0 aliphatic carbocycles. The molecule has 1 aromatic rings. The summed E-state index contributed by atoms with van der Waals surface area (Å²) in [6, 6.07) is 9.87. The molecule has 0 aromatic heterocycles. The van der Waals surface area contributed by atoms with Crippen LogP contribution in [-0.4, -0.2) is 18.2 Å². The summed E-state index contributed by atoms with van der Waals surface area (Å²) in [7, 11) is 0. The Bertz CT molecular complexity index is 273. The third-order valence-corrected chi connectivity index (χ3v) is 2.74. The summed E-state index contributed by atoms with van der Waals surface area (Å²) in [6.45, 7) is 5.72. The van der Waals surface area contributed by atoms with Gasteiger partial charge in [-0.1, -0.05) is 44.2 Å². The fourth-order valence-electron chi connectivity index (χ4n) is 1.65. The maximum absolute atomic E-state index is 10.5. The second-order valence-corrected chi connectivity index (χ2v) is 3.93. The normalized spacial score (nSPS) is 14.9. The summed E-state index contributed by atoms with van der Waals surface area (Å²) in [5.41, 5.74) is 0.271. The molecule has 0 amide bonds. The Morgan fingerprint density at radius 2 is 1.87 bits per heavy atom. The molecule has 0 heterocycles. The van der Waals surface area contributed by atoms with Gasteiger partial charge in [0.15, 0.2) is 0 Å². The molecule has 0 saturated carbocycles. The summed E-state index contributed by atoms with van der Waals surface area (Å²) < 4.78 is 0. The van der Waals surface area contributed by atoms with E-state index in [4.69, 9.17) is 0 Å². The lowest BCUT2D eigenvalue weighted by Gasteiger charge is -2.27. The first-order chi connectivity index (χ1) is 7.23. The highest BCUT2D eigenvalue weighted by Crippen LogP contribution is 2.23. The van der Waals surface area contributed by atoms with Crippen molar-refractivity contribution in [1.82, 2.24) is 5.32 Å². The number of aliphatic hydroxyl groups is 1. The first-order valence-electron chi connectivity index (χ1n) is 5.71. The van der Waals surface area contributed by atoms with E-state index >= 15 is 0 Å². The molecule has 0 spiro atoms. The summed E-state index contributed by atoms with van der Waals surface area (Å²) in [6.07, 6.45) is 1.82. The molecule has 2 nitrogen and oxygen atoms in total. The Morgan fingerprint density at radius 3 is 2.40 bits per heavy atom. The van der Waals surface area contributed by atoms with Crippen molar-refractivity contribution < 1.29 is 5.11 Å². The molecule has 0 bridgehead atoms. The number of rotatable bonds is 6. The van der Waals surface area contributed by atoms with Gasteiger partial charge >= 0.3 is 0 Å². The van der Waals surface area contributed by atoms with Gasteiger partial charge in [-0.25, -0.2) is 0 Å². The van der Waals surface area contributed by atoms with Crippen LogP contribution in [0.15, 0.2) is 30.3 Å². The van der Waals surface area contributed by atoms with Crippen molar-refractivity contribution >= 4 is 0 Å².